The summed E-state index contributed by atoms with van der Waals surface area (Å²) >= 11 is 0. The molecule has 0 radical (unpaired) electrons. The van der Waals surface area contributed by atoms with E-state index in [1.54, 1.807) is 0 Å². The first-order chi connectivity index (χ1) is 8.56. The van der Waals surface area contributed by atoms with Crippen molar-refractivity contribution in [3.63, 3.8) is 0 Å². The van der Waals surface area contributed by atoms with E-state index >= 15 is 0 Å². The highest BCUT2D eigenvalue weighted by Crippen LogP contribution is 2.23. The first-order valence-electron chi connectivity index (χ1n) is 6.73. The highest BCUT2D eigenvalue weighted by atomic mass is 15.2. The summed E-state index contributed by atoms with van der Waals surface area (Å²) in [4.78, 5) is 2.55. The minimum absolute atomic E-state index is 0.140. The third-order valence-corrected chi connectivity index (χ3v) is 3.90. The number of hydrogen-bond acceptors (Lipinski definition) is 2. The predicted molar refractivity (Wildman–Crippen MR) is 75.7 cm³/mol. The van der Waals surface area contributed by atoms with Crippen LogP contribution in [-0.2, 0) is 6.54 Å². The standard InChI is InChI=1S/C15H23N3/c1-11-3-4-12(2)18(9-11)10-13-5-7-14(8-6-13)15(16)17/h5-8,11-12H,3-4,9-10H2,1-2H3,(H3,16,17). The lowest BCUT2D eigenvalue weighted by molar-refractivity contribution is 0.117. The van der Waals surface area contributed by atoms with Gasteiger partial charge in [0.25, 0.3) is 0 Å². The van der Waals surface area contributed by atoms with Gasteiger partial charge in [0, 0.05) is 24.7 Å². The molecule has 3 nitrogen and oxygen atoms in total. The summed E-state index contributed by atoms with van der Waals surface area (Å²) < 4.78 is 0. The molecule has 0 saturated carbocycles. The Morgan fingerprint density at radius 2 is 1.94 bits per heavy atom. The number of nitrogens with one attached hydrogen (secondary N) is 1. The molecule has 1 aliphatic heterocycles. The summed E-state index contributed by atoms with van der Waals surface area (Å²) in [5.74, 6) is 0.944. The van der Waals surface area contributed by atoms with Crippen LogP contribution in [0.4, 0.5) is 0 Å². The fourth-order valence-corrected chi connectivity index (χ4v) is 2.62. The van der Waals surface area contributed by atoms with E-state index in [-0.39, 0.29) is 5.84 Å². The number of benzene rings is 1. The minimum atomic E-state index is 0.140. The van der Waals surface area contributed by atoms with Crippen LogP contribution in [0.25, 0.3) is 0 Å². The number of piperidine rings is 1. The molecule has 2 rings (SSSR count). The number of nitrogens with zero attached hydrogens (tertiary/aromatic N) is 1. The second kappa shape index (κ2) is 5.53. The molecule has 0 spiro atoms. The van der Waals surface area contributed by atoms with Crippen molar-refractivity contribution in [2.75, 3.05) is 6.54 Å². The van der Waals surface area contributed by atoms with E-state index in [4.69, 9.17) is 11.1 Å². The molecule has 1 aliphatic rings. The molecule has 0 bridgehead atoms. The van der Waals surface area contributed by atoms with Gasteiger partial charge in [0.05, 0.1) is 0 Å². The summed E-state index contributed by atoms with van der Waals surface area (Å²) in [7, 11) is 0. The molecule has 1 aromatic rings. The molecular formula is C15H23N3. The average Bonchev–Trinajstić information content (AvgIpc) is 2.34. The van der Waals surface area contributed by atoms with Gasteiger partial charge in [0.15, 0.2) is 0 Å². The number of rotatable bonds is 3. The summed E-state index contributed by atoms with van der Waals surface area (Å²) in [6, 6.07) is 8.73. The van der Waals surface area contributed by atoms with Crippen molar-refractivity contribution in [1.29, 1.82) is 5.41 Å². The van der Waals surface area contributed by atoms with Gasteiger partial charge in [-0.05, 0) is 31.2 Å². The molecule has 2 atom stereocenters. The molecule has 1 saturated heterocycles. The number of nitrogens with two attached hydrogens (primary N) is 1. The Morgan fingerprint density at radius 3 is 2.56 bits per heavy atom. The van der Waals surface area contributed by atoms with Crippen molar-refractivity contribution in [2.24, 2.45) is 11.7 Å². The van der Waals surface area contributed by atoms with E-state index in [0.717, 1.165) is 18.0 Å². The monoisotopic (exact) mass is 245 g/mol. The molecule has 1 aromatic carbocycles. The Hall–Kier alpha value is -1.35. The maximum atomic E-state index is 7.38. The van der Waals surface area contributed by atoms with E-state index in [1.165, 1.54) is 24.9 Å². The SMILES string of the molecule is CC1CCC(C)N(Cc2ccc(C(=N)N)cc2)C1. The van der Waals surface area contributed by atoms with Crippen molar-refractivity contribution in [2.45, 2.75) is 39.3 Å². The van der Waals surface area contributed by atoms with Gasteiger partial charge in [-0.3, -0.25) is 10.3 Å². The van der Waals surface area contributed by atoms with Crippen LogP contribution in [0.3, 0.4) is 0 Å². The topological polar surface area (TPSA) is 53.1 Å². The predicted octanol–water partition coefficient (Wildman–Crippen LogP) is 2.59. The fraction of sp³-hybridized carbons (Fsp3) is 0.533. The molecule has 0 aromatic heterocycles. The largest absolute Gasteiger partial charge is 0.384 e. The molecule has 1 fully saturated rings. The van der Waals surface area contributed by atoms with Crippen LogP contribution in [0.5, 0.6) is 0 Å². The number of nitrogen functional groups attached to an aromatic ring is 1. The zero-order valence-electron chi connectivity index (χ0n) is 11.3. The number of hydrogen-bond donors (Lipinski definition) is 2. The first-order valence-corrected chi connectivity index (χ1v) is 6.73. The third kappa shape index (κ3) is 3.10. The summed E-state index contributed by atoms with van der Waals surface area (Å²) in [5.41, 5.74) is 7.57. The lowest BCUT2D eigenvalue weighted by Crippen LogP contribution is -2.40. The van der Waals surface area contributed by atoms with E-state index in [0.29, 0.717) is 6.04 Å². The Bertz CT molecular complexity index is 410. The molecule has 2 unspecified atom stereocenters. The highest BCUT2D eigenvalue weighted by molar-refractivity contribution is 5.94. The zero-order chi connectivity index (χ0) is 13.1. The second-order valence-corrected chi connectivity index (χ2v) is 5.57. The molecule has 0 aliphatic carbocycles. The van der Waals surface area contributed by atoms with Crippen LogP contribution in [-0.4, -0.2) is 23.3 Å². The van der Waals surface area contributed by atoms with Gasteiger partial charge in [-0.25, -0.2) is 0 Å². The van der Waals surface area contributed by atoms with E-state index < -0.39 is 0 Å². The van der Waals surface area contributed by atoms with Gasteiger partial charge in [-0.15, -0.1) is 0 Å². The Labute approximate surface area is 109 Å². The number of amidine groups is 1. The minimum Gasteiger partial charge on any atom is -0.384 e. The van der Waals surface area contributed by atoms with Crippen molar-refractivity contribution in [3.8, 4) is 0 Å². The summed E-state index contributed by atoms with van der Waals surface area (Å²) in [6.07, 6.45) is 2.65. The lowest BCUT2D eigenvalue weighted by atomic mass is 9.94. The number of likely N-dealkylation sites (tertiary alicyclic amines) is 1. The van der Waals surface area contributed by atoms with Gasteiger partial charge < -0.3 is 5.73 Å². The van der Waals surface area contributed by atoms with Crippen LogP contribution in [0.2, 0.25) is 0 Å². The fourth-order valence-electron chi connectivity index (χ4n) is 2.62. The zero-order valence-corrected chi connectivity index (χ0v) is 11.3. The molecule has 3 N–H and O–H groups in total. The maximum absolute atomic E-state index is 7.38. The molecule has 3 heteroatoms. The Kier molecular flexibility index (Phi) is 4.02. The van der Waals surface area contributed by atoms with Gasteiger partial charge in [0.2, 0.25) is 0 Å². The van der Waals surface area contributed by atoms with Gasteiger partial charge >= 0.3 is 0 Å². The Balaban J connectivity index is 2.02. The molecule has 1 heterocycles. The molecule has 0 amide bonds. The molecular weight excluding hydrogens is 222 g/mol. The normalized spacial score (nSPS) is 25.0. The molecule has 98 valence electrons. The van der Waals surface area contributed by atoms with Crippen LogP contribution < -0.4 is 5.73 Å². The average molecular weight is 245 g/mol. The summed E-state index contributed by atoms with van der Waals surface area (Å²) in [6.45, 7) is 6.84. The Morgan fingerprint density at radius 1 is 1.28 bits per heavy atom. The lowest BCUT2D eigenvalue weighted by Gasteiger charge is -2.36. The van der Waals surface area contributed by atoms with E-state index in [1.807, 2.05) is 12.1 Å². The van der Waals surface area contributed by atoms with Crippen molar-refractivity contribution >= 4 is 5.84 Å². The maximum Gasteiger partial charge on any atom is 0.122 e. The van der Waals surface area contributed by atoms with Crippen LogP contribution >= 0.6 is 0 Å². The van der Waals surface area contributed by atoms with Crippen molar-refractivity contribution in [1.82, 2.24) is 4.90 Å². The van der Waals surface area contributed by atoms with Gasteiger partial charge in [-0.2, -0.15) is 0 Å². The quantitative estimate of drug-likeness (QED) is 0.635. The van der Waals surface area contributed by atoms with Crippen LogP contribution in [0, 0.1) is 11.3 Å². The second-order valence-electron chi connectivity index (χ2n) is 5.57. The highest BCUT2D eigenvalue weighted by Gasteiger charge is 2.22. The molecule has 18 heavy (non-hydrogen) atoms. The van der Waals surface area contributed by atoms with Gasteiger partial charge in [-0.1, -0.05) is 31.2 Å². The smallest absolute Gasteiger partial charge is 0.122 e. The van der Waals surface area contributed by atoms with E-state index in [9.17, 15) is 0 Å². The van der Waals surface area contributed by atoms with E-state index in [2.05, 4.69) is 30.9 Å². The summed E-state index contributed by atoms with van der Waals surface area (Å²) in [5, 5.41) is 7.38. The van der Waals surface area contributed by atoms with Gasteiger partial charge in [0.1, 0.15) is 5.84 Å². The van der Waals surface area contributed by atoms with Crippen molar-refractivity contribution < 1.29 is 0 Å². The van der Waals surface area contributed by atoms with Crippen LogP contribution in [0.15, 0.2) is 24.3 Å². The van der Waals surface area contributed by atoms with Crippen LogP contribution in [0.1, 0.15) is 37.8 Å². The third-order valence-electron chi connectivity index (χ3n) is 3.90. The first kappa shape index (κ1) is 13.1. The van der Waals surface area contributed by atoms with Crippen molar-refractivity contribution in [3.05, 3.63) is 35.4 Å².